The molecule has 2 heterocycles. The van der Waals surface area contributed by atoms with Crippen molar-refractivity contribution in [3.05, 3.63) is 0 Å². The molecule has 0 atom stereocenters. The van der Waals surface area contributed by atoms with Crippen LogP contribution in [-0.4, -0.2) is 98.0 Å². The molecule has 0 radical (unpaired) electrons. The number of rotatable bonds is 7. The highest BCUT2D eigenvalue weighted by Crippen LogP contribution is 2.29. The number of carbonyl (C=O) groups is 1. The molecule has 0 bridgehead atoms. The first-order chi connectivity index (χ1) is 12.9. The molecular formula is C18H31F3N4O2. The van der Waals surface area contributed by atoms with Crippen LogP contribution in [0.4, 0.5) is 18.0 Å². The van der Waals surface area contributed by atoms with Crippen LogP contribution in [0.1, 0.15) is 32.1 Å². The van der Waals surface area contributed by atoms with Gasteiger partial charge in [0.25, 0.3) is 0 Å². The van der Waals surface area contributed by atoms with Gasteiger partial charge >= 0.3 is 12.2 Å². The fourth-order valence-electron chi connectivity index (χ4n) is 3.87. The monoisotopic (exact) mass is 392 g/mol. The van der Waals surface area contributed by atoms with E-state index in [9.17, 15) is 18.0 Å². The van der Waals surface area contributed by atoms with Gasteiger partial charge in [0.15, 0.2) is 0 Å². The lowest BCUT2D eigenvalue weighted by molar-refractivity contribution is -0.174. The minimum atomic E-state index is -4.26. The largest absolute Gasteiger partial charge is 0.411 e. The topological polar surface area (TPSA) is 48.1 Å². The summed E-state index contributed by atoms with van der Waals surface area (Å²) in [5.41, 5.74) is 0. The highest BCUT2D eigenvalue weighted by molar-refractivity contribution is 5.74. The second-order valence-corrected chi connectivity index (χ2v) is 7.84. The summed E-state index contributed by atoms with van der Waals surface area (Å²) in [4.78, 5) is 19.0. The normalized spacial score (nSPS) is 23.6. The van der Waals surface area contributed by atoms with Gasteiger partial charge in [-0.05, 0) is 32.1 Å². The number of alkyl halides is 3. The van der Waals surface area contributed by atoms with E-state index in [0.29, 0.717) is 26.1 Å². The van der Waals surface area contributed by atoms with Gasteiger partial charge in [-0.1, -0.05) is 0 Å². The predicted molar refractivity (Wildman–Crippen MR) is 95.7 cm³/mol. The molecule has 0 aromatic heterocycles. The van der Waals surface area contributed by atoms with Crippen LogP contribution in [0.25, 0.3) is 0 Å². The SMILES string of the molecule is O=C(NC1CCN(C2CC2)CC1)N1CCN(CCCOCC(F)(F)F)CC1. The van der Waals surface area contributed by atoms with E-state index in [2.05, 4.69) is 19.9 Å². The molecule has 6 nitrogen and oxygen atoms in total. The molecule has 0 spiro atoms. The van der Waals surface area contributed by atoms with E-state index in [1.54, 1.807) is 0 Å². The Morgan fingerprint density at radius 3 is 2.26 bits per heavy atom. The molecule has 9 heteroatoms. The van der Waals surface area contributed by atoms with Gasteiger partial charge in [-0.15, -0.1) is 0 Å². The minimum Gasteiger partial charge on any atom is -0.372 e. The maximum atomic E-state index is 12.5. The lowest BCUT2D eigenvalue weighted by Gasteiger charge is -2.37. The number of amides is 2. The Morgan fingerprint density at radius 1 is 1.00 bits per heavy atom. The molecule has 3 rings (SSSR count). The summed E-state index contributed by atoms with van der Waals surface area (Å²) in [7, 11) is 0. The number of ether oxygens (including phenoxy) is 1. The number of nitrogens with one attached hydrogen (secondary N) is 1. The first kappa shape index (κ1) is 20.7. The van der Waals surface area contributed by atoms with Crippen molar-refractivity contribution in [1.29, 1.82) is 0 Å². The lowest BCUT2D eigenvalue weighted by Crippen LogP contribution is -2.55. The Balaban J connectivity index is 1.25. The number of hydrogen-bond acceptors (Lipinski definition) is 4. The average Bonchev–Trinajstić information content (AvgIpc) is 3.47. The van der Waals surface area contributed by atoms with Crippen LogP contribution in [0.5, 0.6) is 0 Å². The molecular weight excluding hydrogens is 361 g/mol. The fraction of sp³-hybridized carbons (Fsp3) is 0.944. The van der Waals surface area contributed by atoms with Crippen molar-refractivity contribution in [1.82, 2.24) is 20.0 Å². The van der Waals surface area contributed by atoms with Crippen LogP contribution in [0.3, 0.4) is 0 Å². The molecule has 0 aromatic rings. The molecule has 2 saturated heterocycles. The second kappa shape index (κ2) is 9.43. The standard InChI is InChI=1S/C18H31F3N4O2/c19-18(20,21)14-27-13-1-6-23-9-11-25(12-10-23)17(26)22-15-4-7-24(8-5-15)16-2-3-16/h15-16H,1-14H2,(H,22,26). The predicted octanol–water partition coefficient (Wildman–Crippen LogP) is 1.91. The molecule has 156 valence electrons. The van der Waals surface area contributed by atoms with Crippen LogP contribution in [-0.2, 0) is 4.74 Å². The number of halogens is 3. The summed E-state index contributed by atoms with van der Waals surface area (Å²) in [6.45, 7) is 4.64. The van der Waals surface area contributed by atoms with Gasteiger partial charge < -0.3 is 19.9 Å². The molecule has 1 N–H and O–H groups in total. The third-order valence-electron chi connectivity index (χ3n) is 5.61. The van der Waals surface area contributed by atoms with Gasteiger partial charge in [0.2, 0.25) is 0 Å². The van der Waals surface area contributed by atoms with E-state index in [1.165, 1.54) is 12.8 Å². The zero-order valence-corrected chi connectivity index (χ0v) is 15.8. The van der Waals surface area contributed by atoms with Crippen LogP contribution in [0.15, 0.2) is 0 Å². The second-order valence-electron chi connectivity index (χ2n) is 7.84. The number of nitrogens with zero attached hydrogens (tertiary/aromatic N) is 3. The summed E-state index contributed by atoms with van der Waals surface area (Å²) >= 11 is 0. The molecule has 2 amide bonds. The zero-order valence-electron chi connectivity index (χ0n) is 15.8. The van der Waals surface area contributed by atoms with Crippen molar-refractivity contribution < 1.29 is 22.7 Å². The van der Waals surface area contributed by atoms with Crippen molar-refractivity contribution >= 4 is 6.03 Å². The number of likely N-dealkylation sites (tertiary alicyclic amines) is 1. The molecule has 3 aliphatic rings. The minimum absolute atomic E-state index is 0.0213. The zero-order chi connectivity index (χ0) is 19.3. The quantitative estimate of drug-likeness (QED) is 0.673. The molecule has 2 aliphatic heterocycles. The summed E-state index contributed by atoms with van der Waals surface area (Å²) in [6, 6.07) is 1.10. The number of hydrogen-bond donors (Lipinski definition) is 1. The van der Waals surface area contributed by atoms with Crippen LogP contribution in [0.2, 0.25) is 0 Å². The Labute approximate surface area is 159 Å². The number of carbonyl (C=O) groups excluding carboxylic acids is 1. The molecule has 1 aliphatic carbocycles. The fourth-order valence-corrected chi connectivity index (χ4v) is 3.87. The number of piperazine rings is 1. The Kier molecular flexibility index (Phi) is 7.22. The van der Waals surface area contributed by atoms with E-state index >= 15 is 0 Å². The third-order valence-corrected chi connectivity index (χ3v) is 5.61. The van der Waals surface area contributed by atoms with Gasteiger partial charge in [0.05, 0.1) is 0 Å². The van der Waals surface area contributed by atoms with Crippen LogP contribution in [0, 0.1) is 0 Å². The van der Waals surface area contributed by atoms with Crippen molar-refractivity contribution in [2.75, 3.05) is 59.0 Å². The smallest absolute Gasteiger partial charge is 0.372 e. The van der Waals surface area contributed by atoms with Crippen molar-refractivity contribution in [2.24, 2.45) is 0 Å². The molecule has 3 fully saturated rings. The van der Waals surface area contributed by atoms with Gasteiger partial charge in [-0.25, -0.2) is 4.79 Å². The number of piperidine rings is 1. The summed E-state index contributed by atoms with van der Waals surface area (Å²) in [5, 5.41) is 3.17. The van der Waals surface area contributed by atoms with Gasteiger partial charge in [0, 0.05) is 64.5 Å². The van der Waals surface area contributed by atoms with Crippen LogP contribution >= 0.6 is 0 Å². The van der Waals surface area contributed by atoms with Crippen molar-refractivity contribution in [2.45, 2.75) is 50.4 Å². The van der Waals surface area contributed by atoms with Gasteiger partial charge in [-0.3, -0.25) is 4.90 Å². The average molecular weight is 392 g/mol. The molecule has 1 saturated carbocycles. The highest BCUT2D eigenvalue weighted by Gasteiger charge is 2.32. The van der Waals surface area contributed by atoms with E-state index in [1.807, 2.05) is 4.90 Å². The van der Waals surface area contributed by atoms with Gasteiger partial charge in [0.1, 0.15) is 6.61 Å². The van der Waals surface area contributed by atoms with E-state index in [4.69, 9.17) is 0 Å². The molecule has 27 heavy (non-hydrogen) atoms. The Bertz CT molecular complexity index is 472. The van der Waals surface area contributed by atoms with E-state index in [0.717, 1.165) is 45.1 Å². The van der Waals surface area contributed by atoms with Crippen LogP contribution < -0.4 is 5.32 Å². The van der Waals surface area contributed by atoms with Crippen molar-refractivity contribution in [3.8, 4) is 0 Å². The summed E-state index contributed by atoms with van der Waals surface area (Å²) < 4.78 is 40.6. The first-order valence-electron chi connectivity index (χ1n) is 10.1. The summed E-state index contributed by atoms with van der Waals surface area (Å²) in [6.07, 6.45) is 1.03. The van der Waals surface area contributed by atoms with E-state index < -0.39 is 12.8 Å². The Hall–Kier alpha value is -1.06. The Morgan fingerprint density at radius 2 is 1.67 bits per heavy atom. The molecule has 0 aromatic carbocycles. The third kappa shape index (κ3) is 7.12. The van der Waals surface area contributed by atoms with Crippen molar-refractivity contribution in [3.63, 3.8) is 0 Å². The first-order valence-corrected chi connectivity index (χ1v) is 10.1. The maximum absolute atomic E-state index is 12.5. The highest BCUT2D eigenvalue weighted by atomic mass is 19.4. The van der Waals surface area contributed by atoms with E-state index in [-0.39, 0.29) is 18.7 Å². The molecule has 0 unspecified atom stereocenters. The lowest BCUT2D eigenvalue weighted by atomic mass is 10.1. The summed E-state index contributed by atoms with van der Waals surface area (Å²) in [5.74, 6) is 0. The van der Waals surface area contributed by atoms with Gasteiger partial charge in [-0.2, -0.15) is 13.2 Å². The number of urea groups is 1. The maximum Gasteiger partial charge on any atom is 0.411 e.